The lowest BCUT2D eigenvalue weighted by molar-refractivity contribution is -0.126. The summed E-state index contributed by atoms with van der Waals surface area (Å²) in [4.78, 5) is 13.2. The number of benzene rings is 1. The van der Waals surface area contributed by atoms with E-state index in [0.717, 1.165) is 24.9 Å². The molecule has 2 rings (SSSR count). The molecule has 1 amide bonds. The highest BCUT2D eigenvalue weighted by molar-refractivity contribution is 7.98. The van der Waals surface area contributed by atoms with Gasteiger partial charge in [-0.25, -0.2) is 0 Å². The van der Waals surface area contributed by atoms with Crippen LogP contribution in [0.1, 0.15) is 19.3 Å². The number of rotatable bonds is 3. The van der Waals surface area contributed by atoms with E-state index in [1.54, 1.807) is 11.8 Å². The first-order valence-electron chi connectivity index (χ1n) is 5.63. The molecule has 1 aliphatic rings. The van der Waals surface area contributed by atoms with Crippen molar-refractivity contribution in [3.63, 3.8) is 0 Å². The van der Waals surface area contributed by atoms with E-state index in [-0.39, 0.29) is 5.91 Å². The van der Waals surface area contributed by atoms with E-state index in [4.69, 9.17) is 6.42 Å². The second-order valence-electron chi connectivity index (χ2n) is 4.26. The Morgan fingerprint density at radius 2 is 2.06 bits per heavy atom. The number of carbonyl (C=O) groups excluding carboxylic acids is 1. The minimum absolute atomic E-state index is 0.0387. The Morgan fingerprint density at radius 3 is 2.47 bits per heavy atom. The molecule has 0 atom stereocenters. The molecule has 1 aromatic rings. The lowest BCUT2D eigenvalue weighted by atomic mass is 9.69. The van der Waals surface area contributed by atoms with E-state index in [0.29, 0.717) is 0 Å². The molecule has 17 heavy (non-hydrogen) atoms. The van der Waals surface area contributed by atoms with Crippen LogP contribution < -0.4 is 5.32 Å². The maximum absolute atomic E-state index is 12.0. The molecule has 0 unspecified atom stereocenters. The van der Waals surface area contributed by atoms with Gasteiger partial charge >= 0.3 is 0 Å². The molecule has 1 saturated carbocycles. The largest absolute Gasteiger partial charge is 0.325 e. The van der Waals surface area contributed by atoms with Gasteiger partial charge in [-0.1, -0.05) is 5.92 Å². The summed E-state index contributed by atoms with van der Waals surface area (Å²) >= 11 is 1.68. The molecule has 3 heteroatoms. The van der Waals surface area contributed by atoms with Crippen LogP contribution in [0.25, 0.3) is 0 Å². The summed E-state index contributed by atoms with van der Waals surface area (Å²) in [5.41, 5.74) is 0.257. The van der Waals surface area contributed by atoms with Crippen molar-refractivity contribution in [2.75, 3.05) is 11.6 Å². The minimum atomic E-state index is -0.557. The zero-order valence-electron chi connectivity index (χ0n) is 9.82. The van der Waals surface area contributed by atoms with E-state index in [2.05, 4.69) is 11.2 Å². The van der Waals surface area contributed by atoms with Gasteiger partial charge in [-0.2, -0.15) is 0 Å². The van der Waals surface area contributed by atoms with Crippen LogP contribution >= 0.6 is 11.8 Å². The zero-order valence-corrected chi connectivity index (χ0v) is 10.6. The van der Waals surface area contributed by atoms with Crippen LogP contribution in [-0.4, -0.2) is 12.2 Å². The molecule has 2 nitrogen and oxygen atoms in total. The summed E-state index contributed by atoms with van der Waals surface area (Å²) < 4.78 is 0. The third-order valence-electron chi connectivity index (χ3n) is 3.27. The number of anilines is 1. The van der Waals surface area contributed by atoms with Crippen molar-refractivity contribution < 1.29 is 4.79 Å². The van der Waals surface area contributed by atoms with E-state index >= 15 is 0 Å². The monoisotopic (exact) mass is 245 g/mol. The normalized spacial score (nSPS) is 16.7. The van der Waals surface area contributed by atoms with Gasteiger partial charge in [0.2, 0.25) is 5.91 Å². The predicted molar refractivity (Wildman–Crippen MR) is 72.0 cm³/mol. The van der Waals surface area contributed by atoms with E-state index in [1.807, 2.05) is 30.5 Å². The van der Waals surface area contributed by atoms with Crippen LogP contribution in [-0.2, 0) is 4.79 Å². The Balaban J connectivity index is 2.05. The topological polar surface area (TPSA) is 29.1 Å². The summed E-state index contributed by atoms with van der Waals surface area (Å²) in [6.45, 7) is 0. The van der Waals surface area contributed by atoms with Crippen LogP contribution in [0.4, 0.5) is 5.69 Å². The Labute approximate surface area is 106 Å². The zero-order chi connectivity index (χ0) is 12.3. The number of amides is 1. The Kier molecular flexibility index (Phi) is 3.44. The molecule has 0 spiro atoms. The average Bonchev–Trinajstić information content (AvgIpc) is 2.29. The number of hydrogen-bond donors (Lipinski definition) is 1. The summed E-state index contributed by atoms with van der Waals surface area (Å²) in [6, 6.07) is 7.80. The molecular weight excluding hydrogens is 230 g/mol. The second kappa shape index (κ2) is 4.85. The molecule has 1 aliphatic carbocycles. The fourth-order valence-corrected chi connectivity index (χ4v) is 2.30. The molecular formula is C14H15NOS. The van der Waals surface area contributed by atoms with Gasteiger partial charge in [0.15, 0.2) is 0 Å². The maximum atomic E-state index is 12.0. The fraction of sp³-hybridized carbons (Fsp3) is 0.357. The highest BCUT2D eigenvalue weighted by Crippen LogP contribution is 2.41. The van der Waals surface area contributed by atoms with Crippen LogP contribution in [0, 0.1) is 17.8 Å². The lowest BCUT2D eigenvalue weighted by Gasteiger charge is -2.35. The Hall–Kier alpha value is -1.40. The van der Waals surface area contributed by atoms with Gasteiger partial charge in [0.05, 0.1) is 0 Å². The molecule has 0 aliphatic heterocycles. The quantitative estimate of drug-likeness (QED) is 0.654. The van der Waals surface area contributed by atoms with Crippen LogP contribution in [0.3, 0.4) is 0 Å². The van der Waals surface area contributed by atoms with Crippen LogP contribution in [0.2, 0.25) is 0 Å². The number of hydrogen-bond acceptors (Lipinski definition) is 2. The van der Waals surface area contributed by atoms with Gasteiger partial charge < -0.3 is 5.32 Å². The van der Waals surface area contributed by atoms with Crippen LogP contribution in [0.5, 0.6) is 0 Å². The van der Waals surface area contributed by atoms with Crippen molar-refractivity contribution in [1.29, 1.82) is 0 Å². The number of nitrogens with one attached hydrogen (secondary N) is 1. The second-order valence-corrected chi connectivity index (χ2v) is 5.14. The molecule has 0 radical (unpaired) electrons. The van der Waals surface area contributed by atoms with Crippen molar-refractivity contribution in [3.8, 4) is 12.3 Å². The number of thioether (sulfide) groups is 1. The standard InChI is InChI=1S/C14H15NOS/c1-3-14(9-4-10-14)13(16)15-11-5-7-12(17-2)8-6-11/h1,5-8H,4,9-10H2,2H3,(H,15,16). The molecule has 0 saturated heterocycles. The minimum Gasteiger partial charge on any atom is -0.325 e. The van der Waals surface area contributed by atoms with Gasteiger partial charge in [-0.05, 0) is 49.8 Å². The number of carbonyl (C=O) groups is 1. The average molecular weight is 245 g/mol. The van der Waals surface area contributed by atoms with Crippen molar-refractivity contribution in [1.82, 2.24) is 0 Å². The first-order chi connectivity index (χ1) is 8.20. The van der Waals surface area contributed by atoms with Crippen molar-refractivity contribution in [3.05, 3.63) is 24.3 Å². The highest BCUT2D eigenvalue weighted by atomic mass is 32.2. The van der Waals surface area contributed by atoms with Crippen LogP contribution in [0.15, 0.2) is 29.2 Å². The van der Waals surface area contributed by atoms with Gasteiger partial charge in [0.1, 0.15) is 5.41 Å². The molecule has 1 N–H and O–H groups in total. The summed E-state index contributed by atoms with van der Waals surface area (Å²) in [5.74, 6) is 2.60. The van der Waals surface area contributed by atoms with Gasteiger partial charge in [-0.15, -0.1) is 18.2 Å². The molecule has 88 valence electrons. The summed E-state index contributed by atoms with van der Waals surface area (Å²) in [6.07, 6.45) is 10.1. The summed E-state index contributed by atoms with van der Waals surface area (Å²) in [5, 5.41) is 2.90. The van der Waals surface area contributed by atoms with Crippen molar-refractivity contribution in [2.24, 2.45) is 5.41 Å². The summed E-state index contributed by atoms with van der Waals surface area (Å²) in [7, 11) is 0. The fourth-order valence-electron chi connectivity index (χ4n) is 1.89. The molecule has 0 heterocycles. The van der Waals surface area contributed by atoms with E-state index in [1.165, 1.54) is 4.90 Å². The first kappa shape index (κ1) is 12.1. The van der Waals surface area contributed by atoms with Crippen molar-refractivity contribution in [2.45, 2.75) is 24.2 Å². The third-order valence-corrected chi connectivity index (χ3v) is 4.01. The van der Waals surface area contributed by atoms with E-state index in [9.17, 15) is 4.79 Å². The first-order valence-corrected chi connectivity index (χ1v) is 6.86. The molecule has 1 aromatic carbocycles. The molecule has 0 aromatic heterocycles. The van der Waals surface area contributed by atoms with Gasteiger partial charge in [-0.3, -0.25) is 4.79 Å². The van der Waals surface area contributed by atoms with E-state index < -0.39 is 5.41 Å². The SMILES string of the molecule is C#CC1(C(=O)Nc2ccc(SC)cc2)CCC1. The lowest BCUT2D eigenvalue weighted by Crippen LogP contribution is -2.40. The maximum Gasteiger partial charge on any atom is 0.242 e. The van der Waals surface area contributed by atoms with Gasteiger partial charge in [0.25, 0.3) is 0 Å². The van der Waals surface area contributed by atoms with Gasteiger partial charge in [0, 0.05) is 10.6 Å². The highest BCUT2D eigenvalue weighted by Gasteiger charge is 2.42. The Morgan fingerprint density at radius 1 is 1.41 bits per heavy atom. The van der Waals surface area contributed by atoms with Crippen molar-refractivity contribution >= 4 is 23.4 Å². The molecule has 1 fully saturated rings. The molecule has 0 bridgehead atoms. The smallest absolute Gasteiger partial charge is 0.242 e. The predicted octanol–water partition coefficient (Wildman–Crippen LogP) is 3.15. The third kappa shape index (κ3) is 2.32. The number of terminal acetylenes is 1. The Bertz CT molecular complexity index is 454.